The highest BCUT2D eigenvalue weighted by Crippen LogP contribution is 2.23. The van der Waals surface area contributed by atoms with Crippen LogP contribution in [-0.4, -0.2) is 25.8 Å². The van der Waals surface area contributed by atoms with Gasteiger partial charge >= 0.3 is 0 Å². The molecule has 2 aromatic rings. The van der Waals surface area contributed by atoms with Crippen LogP contribution in [0.5, 0.6) is 0 Å². The molecule has 0 aliphatic heterocycles. The summed E-state index contributed by atoms with van der Waals surface area (Å²) in [6, 6.07) is 2.93. The second-order valence-corrected chi connectivity index (χ2v) is 7.14. The molecule has 0 saturated carbocycles. The van der Waals surface area contributed by atoms with Crippen molar-refractivity contribution in [3.8, 4) is 0 Å². The van der Waals surface area contributed by atoms with Gasteiger partial charge in [-0.2, -0.15) is 0 Å². The van der Waals surface area contributed by atoms with Gasteiger partial charge in [0.1, 0.15) is 5.82 Å². The van der Waals surface area contributed by atoms with Crippen LogP contribution in [0.1, 0.15) is 24.0 Å². The van der Waals surface area contributed by atoms with Crippen molar-refractivity contribution in [1.82, 2.24) is 4.98 Å². The lowest BCUT2D eigenvalue weighted by atomic mass is 10.1. The number of fused-ring (bicyclic) bond motifs is 1. The molecule has 0 unspecified atom stereocenters. The highest BCUT2D eigenvalue weighted by atomic mass is 32.2. The van der Waals surface area contributed by atoms with E-state index in [1.54, 1.807) is 12.3 Å². The molecule has 0 saturated heterocycles. The predicted octanol–water partition coefficient (Wildman–Crippen LogP) is 3.28. The topological polar surface area (TPSA) is 49.9 Å². The zero-order valence-corrected chi connectivity index (χ0v) is 12.1. The van der Waals surface area contributed by atoms with E-state index in [1.807, 2.05) is 6.92 Å². The largest absolute Gasteiger partial charge is 0.359 e. The fourth-order valence-corrected chi connectivity index (χ4v) is 3.67. The molecule has 1 aromatic heterocycles. The summed E-state index contributed by atoms with van der Waals surface area (Å²) in [5, 5.41) is 0.693. The molecule has 0 bridgehead atoms. The minimum Gasteiger partial charge on any atom is -0.359 e. The van der Waals surface area contributed by atoms with E-state index in [4.69, 9.17) is 0 Å². The predicted molar refractivity (Wildman–Crippen MR) is 75.7 cm³/mol. The van der Waals surface area contributed by atoms with Crippen LogP contribution in [0.2, 0.25) is 0 Å². The Bertz CT molecular complexity index is 707. The minimum atomic E-state index is -3.33. The zero-order valence-electron chi connectivity index (χ0n) is 11.2. The second kappa shape index (κ2) is 5.91. The monoisotopic (exact) mass is 301 g/mol. The number of aromatic nitrogens is 1. The highest BCUT2D eigenvalue weighted by molar-refractivity contribution is 7.90. The SMILES string of the molecule is Cc1c[nH]c2c(F)cc(CS(=O)(=O)CCCCF)cc12. The van der Waals surface area contributed by atoms with Gasteiger partial charge in [-0.3, -0.25) is 4.39 Å². The van der Waals surface area contributed by atoms with Gasteiger partial charge in [0.15, 0.2) is 9.84 Å². The standard InChI is InChI=1S/C14H17F2NO2S/c1-10-8-17-14-12(10)6-11(7-13(14)16)9-20(18,19)5-3-2-4-15/h6-8,17H,2-5,9H2,1H3. The molecule has 0 aliphatic carbocycles. The third-order valence-corrected chi connectivity index (χ3v) is 4.92. The Kier molecular flexibility index (Phi) is 4.42. The Morgan fingerprint density at radius 1 is 1.25 bits per heavy atom. The van der Waals surface area contributed by atoms with Crippen molar-refractivity contribution < 1.29 is 17.2 Å². The summed E-state index contributed by atoms with van der Waals surface area (Å²) in [5.41, 5.74) is 1.69. The lowest BCUT2D eigenvalue weighted by Crippen LogP contribution is -2.10. The van der Waals surface area contributed by atoms with Crippen molar-refractivity contribution in [1.29, 1.82) is 0 Å². The molecular weight excluding hydrogens is 284 g/mol. The van der Waals surface area contributed by atoms with E-state index in [2.05, 4.69) is 4.98 Å². The molecule has 3 nitrogen and oxygen atoms in total. The van der Waals surface area contributed by atoms with Crippen LogP contribution in [0.25, 0.3) is 10.9 Å². The third-order valence-electron chi connectivity index (χ3n) is 3.23. The van der Waals surface area contributed by atoms with Gasteiger partial charge in [-0.25, -0.2) is 12.8 Å². The van der Waals surface area contributed by atoms with E-state index in [0.717, 1.165) is 5.56 Å². The second-order valence-electron chi connectivity index (χ2n) is 4.96. The number of hydrogen-bond donors (Lipinski definition) is 1. The first kappa shape index (κ1) is 15.0. The first-order valence-electron chi connectivity index (χ1n) is 6.45. The summed E-state index contributed by atoms with van der Waals surface area (Å²) in [4.78, 5) is 2.82. The number of unbranched alkanes of at least 4 members (excludes halogenated alkanes) is 1. The quantitative estimate of drug-likeness (QED) is 0.832. The first-order valence-corrected chi connectivity index (χ1v) is 8.27. The van der Waals surface area contributed by atoms with Crippen molar-refractivity contribution in [2.24, 2.45) is 0 Å². The van der Waals surface area contributed by atoms with E-state index in [-0.39, 0.29) is 17.9 Å². The maximum Gasteiger partial charge on any atom is 0.154 e. The average molecular weight is 301 g/mol. The summed E-state index contributed by atoms with van der Waals surface area (Å²) in [6.07, 6.45) is 2.23. The minimum absolute atomic E-state index is 0.0668. The van der Waals surface area contributed by atoms with Crippen LogP contribution in [0.3, 0.4) is 0 Å². The molecule has 0 amide bonds. The summed E-state index contributed by atoms with van der Waals surface area (Å²) < 4.78 is 49.6. The Morgan fingerprint density at radius 3 is 2.70 bits per heavy atom. The number of alkyl halides is 1. The van der Waals surface area contributed by atoms with E-state index in [0.29, 0.717) is 22.9 Å². The molecule has 1 N–H and O–H groups in total. The molecular formula is C14H17F2NO2S. The van der Waals surface area contributed by atoms with Crippen molar-refractivity contribution >= 4 is 20.7 Å². The number of rotatable bonds is 6. The van der Waals surface area contributed by atoms with Crippen LogP contribution in [0.4, 0.5) is 8.78 Å². The lowest BCUT2D eigenvalue weighted by Gasteiger charge is -2.05. The summed E-state index contributed by atoms with van der Waals surface area (Å²) in [7, 11) is -3.33. The number of H-pyrrole nitrogens is 1. The Morgan fingerprint density at radius 2 is 2.00 bits per heavy atom. The lowest BCUT2D eigenvalue weighted by molar-refractivity contribution is 0.468. The van der Waals surface area contributed by atoms with Crippen LogP contribution in [-0.2, 0) is 15.6 Å². The van der Waals surface area contributed by atoms with Crippen molar-refractivity contribution in [3.63, 3.8) is 0 Å². The van der Waals surface area contributed by atoms with Crippen LogP contribution in [0, 0.1) is 12.7 Å². The Hall–Kier alpha value is -1.43. The molecule has 6 heteroatoms. The van der Waals surface area contributed by atoms with E-state index >= 15 is 0 Å². The maximum atomic E-state index is 13.9. The van der Waals surface area contributed by atoms with Crippen molar-refractivity contribution in [3.05, 3.63) is 35.3 Å². The molecule has 20 heavy (non-hydrogen) atoms. The third kappa shape index (κ3) is 3.36. The van der Waals surface area contributed by atoms with Gasteiger partial charge < -0.3 is 4.98 Å². The van der Waals surface area contributed by atoms with Gasteiger partial charge in [0.2, 0.25) is 0 Å². The molecule has 110 valence electrons. The van der Waals surface area contributed by atoms with Gasteiger partial charge in [0.05, 0.1) is 23.7 Å². The maximum absolute atomic E-state index is 13.9. The number of hydrogen-bond acceptors (Lipinski definition) is 2. The summed E-state index contributed by atoms with van der Waals surface area (Å²) >= 11 is 0. The fraction of sp³-hybridized carbons (Fsp3) is 0.429. The molecule has 1 heterocycles. The van der Waals surface area contributed by atoms with Crippen molar-refractivity contribution in [2.75, 3.05) is 12.4 Å². The van der Waals surface area contributed by atoms with Gasteiger partial charge in [-0.15, -0.1) is 0 Å². The van der Waals surface area contributed by atoms with Gasteiger partial charge in [0.25, 0.3) is 0 Å². The molecule has 2 rings (SSSR count). The van der Waals surface area contributed by atoms with E-state index in [1.165, 1.54) is 6.07 Å². The van der Waals surface area contributed by atoms with Gasteiger partial charge in [-0.1, -0.05) is 0 Å². The number of halogens is 2. The average Bonchev–Trinajstić information content (AvgIpc) is 2.71. The smallest absolute Gasteiger partial charge is 0.154 e. The van der Waals surface area contributed by atoms with Crippen LogP contribution in [0.15, 0.2) is 18.3 Å². The van der Waals surface area contributed by atoms with E-state index < -0.39 is 22.3 Å². The van der Waals surface area contributed by atoms with Gasteiger partial charge in [-0.05, 0) is 43.0 Å². The van der Waals surface area contributed by atoms with E-state index in [9.17, 15) is 17.2 Å². The van der Waals surface area contributed by atoms with Crippen molar-refractivity contribution in [2.45, 2.75) is 25.5 Å². The normalized spacial score (nSPS) is 12.2. The Balaban J connectivity index is 2.23. The number of aryl methyl sites for hydroxylation is 1. The Labute approximate surface area is 116 Å². The number of aromatic amines is 1. The zero-order chi connectivity index (χ0) is 14.8. The summed E-state index contributed by atoms with van der Waals surface area (Å²) in [6.45, 7) is 1.32. The number of nitrogens with one attached hydrogen (secondary N) is 1. The molecule has 0 fully saturated rings. The molecule has 0 atom stereocenters. The molecule has 1 aromatic carbocycles. The van der Waals surface area contributed by atoms with Crippen LogP contribution >= 0.6 is 0 Å². The number of sulfone groups is 1. The fourth-order valence-electron chi connectivity index (χ4n) is 2.20. The molecule has 0 spiro atoms. The molecule has 0 radical (unpaired) electrons. The number of benzene rings is 1. The van der Waals surface area contributed by atoms with Crippen LogP contribution < -0.4 is 0 Å². The first-order chi connectivity index (χ1) is 9.43. The van der Waals surface area contributed by atoms with Gasteiger partial charge in [0, 0.05) is 11.6 Å². The molecule has 0 aliphatic rings. The highest BCUT2D eigenvalue weighted by Gasteiger charge is 2.15. The summed E-state index contributed by atoms with van der Waals surface area (Å²) in [5.74, 6) is -0.732.